The predicted octanol–water partition coefficient (Wildman–Crippen LogP) is 2.06. The number of nitrogens with two attached hydrogens (primary N) is 1. The molecule has 1 heterocycles. The van der Waals surface area contributed by atoms with Crippen LogP contribution in [0.4, 0.5) is 5.82 Å². The number of hydroxylamine groups is 1. The molecule has 2 rings (SSSR count). The van der Waals surface area contributed by atoms with Gasteiger partial charge in [0.2, 0.25) is 0 Å². The fraction of sp³-hybridized carbons (Fsp3) is 0.667. The molecule has 0 spiro atoms. The number of anilines is 1. The van der Waals surface area contributed by atoms with Gasteiger partial charge in [-0.3, -0.25) is 0 Å². The Morgan fingerprint density at radius 2 is 2.10 bits per heavy atom. The Bertz CT molecular complexity index is 446. The van der Waals surface area contributed by atoms with Gasteiger partial charge in [-0.2, -0.15) is 5.06 Å². The minimum Gasteiger partial charge on any atom is -0.337 e. The third kappa shape index (κ3) is 4.14. The van der Waals surface area contributed by atoms with Gasteiger partial charge in [0.15, 0.2) is 5.82 Å². The molecule has 2 N–H and O–H groups in total. The fourth-order valence-corrected chi connectivity index (χ4v) is 2.47. The normalized spacial score (nSPS) is 17.5. The van der Waals surface area contributed by atoms with E-state index >= 15 is 0 Å². The largest absolute Gasteiger partial charge is 0.349 e. The van der Waals surface area contributed by atoms with Crippen LogP contribution >= 0.6 is 0 Å². The number of carbonyl (C=O) groups is 1. The van der Waals surface area contributed by atoms with Gasteiger partial charge >= 0.3 is 5.97 Å². The average molecular weight is 292 g/mol. The second-order valence-electron chi connectivity index (χ2n) is 5.87. The van der Waals surface area contributed by atoms with Gasteiger partial charge in [0.25, 0.3) is 0 Å². The van der Waals surface area contributed by atoms with Crippen LogP contribution in [0.5, 0.6) is 0 Å². The molecule has 0 amide bonds. The van der Waals surface area contributed by atoms with Gasteiger partial charge in [-0.05, 0) is 18.8 Å². The second-order valence-corrected chi connectivity index (χ2v) is 5.87. The molecule has 6 nitrogen and oxygen atoms in total. The molecular weight excluding hydrogens is 268 g/mol. The van der Waals surface area contributed by atoms with E-state index in [2.05, 4.69) is 9.97 Å². The fourth-order valence-electron chi connectivity index (χ4n) is 2.47. The molecule has 0 saturated heterocycles. The molecule has 116 valence electrons. The quantitative estimate of drug-likeness (QED) is 0.837. The lowest BCUT2D eigenvalue weighted by molar-refractivity contribution is -0.149. The average Bonchev–Trinajstić information content (AvgIpc) is 2.53. The zero-order valence-corrected chi connectivity index (χ0v) is 12.7. The van der Waals surface area contributed by atoms with E-state index in [4.69, 9.17) is 10.6 Å². The molecule has 1 aromatic rings. The summed E-state index contributed by atoms with van der Waals surface area (Å²) < 4.78 is 0. The monoisotopic (exact) mass is 292 g/mol. The Morgan fingerprint density at radius 3 is 2.67 bits per heavy atom. The SMILES string of the molecule is CC(C)[C@H](N)C(=O)ON(c1ccncn1)C1CCCCC1. The minimum atomic E-state index is -0.627. The maximum absolute atomic E-state index is 12.2. The summed E-state index contributed by atoms with van der Waals surface area (Å²) >= 11 is 0. The highest BCUT2D eigenvalue weighted by Crippen LogP contribution is 2.26. The van der Waals surface area contributed by atoms with Crippen molar-refractivity contribution in [3.63, 3.8) is 0 Å². The van der Waals surface area contributed by atoms with E-state index < -0.39 is 12.0 Å². The summed E-state index contributed by atoms with van der Waals surface area (Å²) in [6.07, 6.45) is 8.60. The van der Waals surface area contributed by atoms with E-state index in [0.717, 1.165) is 25.7 Å². The molecule has 1 fully saturated rings. The van der Waals surface area contributed by atoms with Crippen LogP contribution in [0.2, 0.25) is 0 Å². The summed E-state index contributed by atoms with van der Waals surface area (Å²) in [6.45, 7) is 3.81. The van der Waals surface area contributed by atoms with Crippen molar-refractivity contribution >= 4 is 11.8 Å². The van der Waals surface area contributed by atoms with Gasteiger partial charge in [0, 0.05) is 12.3 Å². The van der Waals surface area contributed by atoms with Crippen molar-refractivity contribution in [3.8, 4) is 0 Å². The van der Waals surface area contributed by atoms with Crippen molar-refractivity contribution in [2.75, 3.05) is 5.06 Å². The summed E-state index contributed by atoms with van der Waals surface area (Å²) in [4.78, 5) is 25.9. The maximum atomic E-state index is 12.2. The third-order valence-corrected chi connectivity index (χ3v) is 3.88. The highest BCUT2D eigenvalue weighted by Gasteiger charge is 2.29. The second kappa shape index (κ2) is 7.36. The van der Waals surface area contributed by atoms with Gasteiger partial charge in [0.05, 0.1) is 6.04 Å². The van der Waals surface area contributed by atoms with Crippen molar-refractivity contribution in [1.82, 2.24) is 9.97 Å². The van der Waals surface area contributed by atoms with Crippen molar-refractivity contribution in [3.05, 3.63) is 18.6 Å². The van der Waals surface area contributed by atoms with E-state index in [9.17, 15) is 4.79 Å². The standard InChI is InChI=1S/C15H24N4O2/c1-11(2)14(16)15(20)21-19(12-6-4-3-5-7-12)13-8-9-17-10-18-13/h8-12,14H,3-7,16H2,1-2H3/t14-/m0/s1. The number of rotatable bonds is 5. The summed E-state index contributed by atoms with van der Waals surface area (Å²) in [5.41, 5.74) is 5.88. The summed E-state index contributed by atoms with van der Waals surface area (Å²) in [5.74, 6) is 0.242. The molecule has 1 atom stereocenters. The summed E-state index contributed by atoms with van der Waals surface area (Å²) in [7, 11) is 0. The predicted molar refractivity (Wildman–Crippen MR) is 80.3 cm³/mol. The number of nitrogens with zero attached hydrogens (tertiary/aromatic N) is 3. The van der Waals surface area contributed by atoms with Crippen LogP contribution in [0.25, 0.3) is 0 Å². The van der Waals surface area contributed by atoms with Gasteiger partial charge in [-0.25, -0.2) is 14.8 Å². The topological polar surface area (TPSA) is 81.3 Å². The smallest absolute Gasteiger partial charge is 0.337 e. The summed E-state index contributed by atoms with van der Waals surface area (Å²) in [6, 6.07) is 1.29. The molecule has 0 radical (unpaired) electrons. The third-order valence-electron chi connectivity index (χ3n) is 3.88. The Morgan fingerprint density at radius 1 is 1.38 bits per heavy atom. The minimum absolute atomic E-state index is 0.0381. The first-order valence-corrected chi connectivity index (χ1v) is 7.62. The zero-order valence-electron chi connectivity index (χ0n) is 12.7. The van der Waals surface area contributed by atoms with Gasteiger partial charge in [-0.15, -0.1) is 0 Å². The van der Waals surface area contributed by atoms with E-state index in [1.807, 2.05) is 13.8 Å². The van der Waals surface area contributed by atoms with Crippen LogP contribution in [0.15, 0.2) is 18.6 Å². The van der Waals surface area contributed by atoms with Crippen LogP contribution in [0.3, 0.4) is 0 Å². The number of aromatic nitrogens is 2. The Labute approximate surface area is 125 Å². The van der Waals surface area contributed by atoms with Crippen LogP contribution in [-0.4, -0.2) is 28.0 Å². The lowest BCUT2D eigenvalue weighted by Gasteiger charge is -2.33. The van der Waals surface area contributed by atoms with Crippen molar-refractivity contribution in [2.45, 2.75) is 58.0 Å². The van der Waals surface area contributed by atoms with Crippen LogP contribution in [0, 0.1) is 5.92 Å². The number of carbonyl (C=O) groups excluding carboxylic acids is 1. The first kappa shape index (κ1) is 15.7. The first-order valence-electron chi connectivity index (χ1n) is 7.62. The van der Waals surface area contributed by atoms with Crippen LogP contribution < -0.4 is 10.8 Å². The van der Waals surface area contributed by atoms with E-state index in [-0.39, 0.29) is 12.0 Å². The molecular formula is C15H24N4O2. The highest BCUT2D eigenvalue weighted by molar-refractivity contribution is 5.76. The van der Waals surface area contributed by atoms with Gasteiger partial charge < -0.3 is 10.6 Å². The summed E-state index contributed by atoms with van der Waals surface area (Å²) in [5, 5.41) is 1.63. The van der Waals surface area contributed by atoms with Gasteiger partial charge in [-0.1, -0.05) is 33.1 Å². The Balaban J connectivity index is 2.14. The molecule has 0 aromatic carbocycles. The van der Waals surface area contributed by atoms with Crippen LogP contribution in [-0.2, 0) is 9.63 Å². The number of hydrogen-bond donors (Lipinski definition) is 1. The van der Waals surface area contributed by atoms with Gasteiger partial charge in [0.1, 0.15) is 12.4 Å². The van der Waals surface area contributed by atoms with E-state index in [1.54, 1.807) is 17.3 Å². The molecule has 0 aliphatic heterocycles. The molecule has 1 aliphatic carbocycles. The number of hydrogen-bond acceptors (Lipinski definition) is 6. The lowest BCUT2D eigenvalue weighted by Crippen LogP contribution is -2.45. The molecule has 1 aliphatic rings. The van der Waals surface area contributed by atoms with Crippen molar-refractivity contribution in [1.29, 1.82) is 0 Å². The Hall–Kier alpha value is -1.69. The first-order chi connectivity index (χ1) is 10.1. The maximum Gasteiger partial charge on any atom is 0.349 e. The molecule has 21 heavy (non-hydrogen) atoms. The molecule has 1 aromatic heterocycles. The highest BCUT2D eigenvalue weighted by atomic mass is 16.7. The zero-order chi connectivity index (χ0) is 15.2. The van der Waals surface area contributed by atoms with Crippen LogP contribution in [0.1, 0.15) is 46.0 Å². The molecule has 6 heteroatoms. The van der Waals surface area contributed by atoms with E-state index in [0.29, 0.717) is 5.82 Å². The lowest BCUT2D eigenvalue weighted by atomic mass is 9.95. The molecule has 1 saturated carbocycles. The van der Waals surface area contributed by atoms with Crippen molar-refractivity contribution < 1.29 is 9.63 Å². The Kier molecular flexibility index (Phi) is 5.50. The van der Waals surface area contributed by atoms with Crippen molar-refractivity contribution in [2.24, 2.45) is 11.7 Å². The van der Waals surface area contributed by atoms with E-state index in [1.165, 1.54) is 12.7 Å². The molecule has 0 bridgehead atoms. The molecule has 0 unspecified atom stereocenters.